The zero-order valence-corrected chi connectivity index (χ0v) is 12.8. The summed E-state index contributed by atoms with van der Waals surface area (Å²) in [6.07, 6.45) is 2.13. The Balaban J connectivity index is 2.14. The molecule has 1 saturated heterocycles. The third kappa shape index (κ3) is 3.40. The number of hydrogen-bond acceptors (Lipinski definition) is 2. The molecule has 1 aliphatic rings. The lowest BCUT2D eigenvalue weighted by Gasteiger charge is -2.24. The van der Waals surface area contributed by atoms with Crippen LogP contribution in [0.15, 0.2) is 18.2 Å². The fourth-order valence-corrected chi connectivity index (χ4v) is 3.07. The molecule has 2 rings (SSSR count). The highest BCUT2D eigenvalue weighted by Crippen LogP contribution is 2.26. The largest absolute Gasteiger partial charge is 0.337 e. The Morgan fingerprint density at radius 3 is 2.57 bits per heavy atom. The highest BCUT2D eigenvalue weighted by molar-refractivity contribution is 5.94. The van der Waals surface area contributed by atoms with Crippen molar-refractivity contribution in [2.75, 3.05) is 27.2 Å². The first-order valence-corrected chi connectivity index (χ1v) is 7.34. The average Bonchev–Trinajstić information content (AvgIpc) is 2.86. The zero-order chi connectivity index (χ0) is 15.6. The standard InChI is InChI=1S/C16H22F2N2O/c1-4-5-12-9-20(10-15(12)19(2)3)16(21)11-6-7-13(17)14(18)8-11/h6-8,12,15H,4-5,9-10H2,1-3H3. The van der Waals surface area contributed by atoms with Crippen molar-refractivity contribution in [2.24, 2.45) is 5.92 Å². The van der Waals surface area contributed by atoms with Crippen molar-refractivity contribution < 1.29 is 13.6 Å². The fourth-order valence-electron chi connectivity index (χ4n) is 3.07. The molecular formula is C16H22F2N2O. The molecule has 1 aromatic rings. The molecule has 2 unspecified atom stereocenters. The minimum Gasteiger partial charge on any atom is -0.337 e. The average molecular weight is 296 g/mol. The van der Waals surface area contributed by atoms with Crippen LogP contribution in [0.4, 0.5) is 8.78 Å². The van der Waals surface area contributed by atoms with Crippen molar-refractivity contribution in [2.45, 2.75) is 25.8 Å². The number of carbonyl (C=O) groups is 1. The van der Waals surface area contributed by atoms with E-state index in [1.807, 2.05) is 14.1 Å². The Morgan fingerprint density at radius 1 is 1.29 bits per heavy atom. The normalized spacial score (nSPS) is 22.1. The van der Waals surface area contributed by atoms with Gasteiger partial charge < -0.3 is 9.80 Å². The van der Waals surface area contributed by atoms with Crippen molar-refractivity contribution in [3.63, 3.8) is 0 Å². The van der Waals surface area contributed by atoms with Crippen LogP contribution in [-0.2, 0) is 0 Å². The fraction of sp³-hybridized carbons (Fsp3) is 0.562. The molecule has 0 saturated carbocycles. The summed E-state index contributed by atoms with van der Waals surface area (Å²) in [7, 11) is 4.03. The van der Waals surface area contributed by atoms with Gasteiger partial charge in [-0.25, -0.2) is 8.78 Å². The molecule has 0 aliphatic carbocycles. The van der Waals surface area contributed by atoms with Crippen LogP contribution in [-0.4, -0.2) is 48.9 Å². The van der Waals surface area contributed by atoms with Gasteiger partial charge in [-0.05, 0) is 44.6 Å². The van der Waals surface area contributed by atoms with E-state index in [2.05, 4.69) is 11.8 Å². The van der Waals surface area contributed by atoms with Gasteiger partial charge in [-0.15, -0.1) is 0 Å². The maximum absolute atomic E-state index is 13.3. The lowest BCUT2D eigenvalue weighted by molar-refractivity contribution is 0.0780. The summed E-state index contributed by atoms with van der Waals surface area (Å²) < 4.78 is 26.2. The highest BCUT2D eigenvalue weighted by atomic mass is 19.2. The number of benzene rings is 1. The third-order valence-electron chi connectivity index (χ3n) is 4.18. The molecule has 0 N–H and O–H groups in total. The van der Waals surface area contributed by atoms with E-state index in [9.17, 15) is 13.6 Å². The van der Waals surface area contributed by atoms with Crippen LogP contribution >= 0.6 is 0 Å². The van der Waals surface area contributed by atoms with Crippen LogP contribution < -0.4 is 0 Å². The van der Waals surface area contributed by atoms with Crippen LogP contribution in [0.5, 0.6) is 0 Å². The van der Waals surface area contributed by atoms with Gasteiger partial charge in [0.2, 0.25) is 0 Å². The minimum absolute atomic E-state index is 0.212. The molecule has 1 aliphatic heterocycles. The predicted molar refractivity (Wildman–Crippen MR) is 78.1 cm³/mol. The SMILES string of the molecule is CCCC1CN(C(=O)c2ccc(F)c(F)c2)CC1N(C)C. The molecule has 21 heavy (non-hydrogen) atoms. The van der Waals surface area contributed by atoms with Crippen LogP contribution in [0.2, 0.25) is 0 Å². The molecular weight excluding hydrogens is 274 g/mol. The van der Waals surface area contributed by atoms with Crippen molar-refractivity contribution in [1.82, 2.24) is 9.80 Å². The summed E-state index contributed by atoms with van der Waals surface area (Å²) in [4.78, 5) is 16.3. The maximum Gasteiger partial charge on any atom is 0.254 e. The highest BCUT2D eigenvalue weighted by Gasteiger charge is 2.36. The van der Waals surface area contributed by atoms with E-state index >= 15 is 0 Å². The first-order chi connectivity index (χ1) is 9.93. The Bertz CT molecular complexity index is 519. The van der Waals surface area contributed by atoms with Gasteiger partial charge >= 0.3 is 0 Å². The van der Waals surface area contributed by atoms with E-state index in [1.54, 1.807) is 4.90 Å². The van der Waals surface area contributed by atoms with E-state index in [-0.39, 0.29) is 11.5 Å². The maximum atomic E-state index is 13.3. The Hall–Kier alpha value is -1.49. The van der Waals surface area contributed by atoms with Crippen molar-refractivity contribution in [3.05, 3.63) is 35.4 Å². The van der Waals surface area contributed by atoms with Crippen LogP contribution in [0.25, 0.3) is 0 Å². The molecule has 2 atom stereocenters. The van der Waals surface area contributed by atoms with E-state index in [4.69, 9.17) is 0 Å². The molecule has 116 valence electrons. The third-order valence-corrected chi connectivity index (χ3v) is 4.18. The van der Waals surface area contributed by atoms with Gasteiger partial charge in [0, 0.05) is 24.7 Å². The van der Waals surface area contributed by atoms with Crippen LogP contribution in [0, 0.1) is 17.6 Å². The van der Waals surface area contributed by atoms with E-state index < -0.39 is 11.6 Å². The first-order valence-electron chi connectivity index (χ1n) is 7.34. The number of hydrogen-bond donors (Lipinski definition) is 0. The van der Waals surface area contributed by atoms with E-state index in [0.717, 1.165) is 25.0 Å². The van der Waals surface area contributed by atoms with Gasteiger partial charge in [0.1, 0.15) is 0 Å². The molecule has 0 spiro atoms. The second-order valence-electron chi connectivity index (χ2n) is 5.92. The zero-order valence-electron chi connectivity index (χ0n) is 12.8. The summed E-state index contributed by atoms with van der Waals surface area (Å²) in [5, 5.41) is 0. The van der Waals surface area contributed by atoms with Gasteiger partial charge in [0.05, 0.1) is 0 Å². The molecule has 5 heteroatoms. The molecule has 1 fully saturated rings. The van der Waals surface area contributed by atoms with E-state index in [0.29, 0.717) is 25.0 Å². The van der Waals surface area contributed by atoms with Gasteiger partial charge in [-0.3, -0.25) is 4.79 Å². The summed E-state index contributed by atoms with van der Waals surface area (Å²) in [6.45, 7) is 3.44. The Morgan fingerprint density at radius 2 is 2.00 bits per heavy atom. The van der Waals surface area contributed by atoms with E-state index in [1.165, 1.54) is 6.07 Å². The quantitative estimate of drug-likeness (QED) is 0.853. The summed E-state index contributed by atoms with van der Waals surface area (Å²) in [6, 6.07) is 3.65. The second-order valence-corrected chi connectivity index (χ2v) is 5.92. The smallest absolute Gasteiger partial charge is 0.254 e. The number of likely N-dealkylation sites (N-methyl/N-ethyl adjacent to an activating group) is 1. The monoisotopic (exact) mass is 296 g/mol. The molecule has 3 nitrogen and oxygen atoms in total. The van der Waals surface area contributed by atoms with Crippen molar-refractivity contribution in [1.29, 1.82) is 0 Å². The van der Waals surface area contributed by atoms with Gasteiger partial charge in [-0.1, -0.05) is 13.3 Å². The summed E-state index contributed by atoms with van der Waals surface area (Å²) >= 11 is 0. The lowest BCUT2D eigenvalue weighted by Crippen LogP contribution is -2.36. The van der Waals surface area contributed by atoms with Crippen molar-refractivity contribution >= 4 is 5.91 Å². The molecule has 0 aromatic heterocycles. The van der Waals surface area contributed by atoms with Gasteiger partial charge in [0.25, 0.3) is 5.91 Å². The first kappa shape index (κ1) is 15.9. The lowest BCUT2D eigenvalue weighted by atomic mass is 9.98. The number of nitrogens with zero attached hydrogens (tertiary/aromatic N) is 2. The number of halogens is 2. The number of rotatable bonds is 4. The predicted octanol–water partition coefficient (Wildman–Crippen LogP) is 2.77. The molecule has 1 aromatic carbocycles. The van der Waals surface area contributed by atoms with Gasteiger partial charge in [-0.2, -0.15) is 0 Å². The number of amides is 1. The number of likely N-dealkylation sites (tertiary alicyclic amines) is 1. The Kier molecular flexibility index (Phi) is 4.93. The van der Waals surface area contributed by atoms with Crippen molar-refractivity contribution in [3.8, 4) is 0 Å². The molecule has 0 bridgehead atoms. The molecule has 1 heterocycles. The van der Waals surface area contributed by atoms with Crippen LogP contribution in [0.3, 0.4) is 0 Å². The number of carbonyl (C=O) groups excluding carboxylic acids is 1. The second kappa shape index (κ2) is 6.52. The summed E-state index contributed by atoms with van der Waals surface area (Å²) in [5.74, 6) is -1.70. The topological polar surface area (TPSA) is 23.6 Å². The summed E-state index contributed by atoms with van der Waals surface area (Å²) in [5.41, 5.74) is 0.212. The molecule has 0 radical (unpaired) electrons. The Labute approximate surface area is 124 Å². The van der Waals surface area contributed by atoms with Crippen LogP contribution in [0.1, 0.15) is 30.1 Å². The minimum atomic E-state index is -0.977. The molecule has 1 amide bonds. The van der Waals surface area contributed by atoms with Gasteiger partial charge in [0.15, 0.2) is 11.6 Å².